The Labute approximate surface area is 155 Å². The molecule has 1 unspecified atom stereocenters. The molecule has 3 aliphatic rings. The van der Waals surface area contributed by atoms with Gasteiger partial charge in [0.25, 0.3) is 0 Å². The minimum Gasteiger partial charge on any atom is -0.375 e. The Hall–Kier alpha value is -1.40. The van der Waals surface area contributed by atoms with Crippen LogP contribution < -0.4 is 0 Å². The Bertz CT molecular complexity index is 623. The summed E-state index contributed by atoms with van der Waals surface area (Å²) in [5.74, 6) is 0.939. The number of ether oxygens (including phenoxy) is 1. The Morgan fingerprint density at radius 3 is 2.58 bits per heavy atom. The van der Waals surface area contributed by atoms with Gasteiger partial charge in [0.15, 0.2) is 0 Å². The number of hydrogen-bond donors (Lipinski definition) is 0. The molecule has 4 rings (SSSR count). The van der Waals surface area contributed by atoms with Crippen LogP contribution in [0.4, 0.5) is 0 Å². The zero-order chi connectivity index (χ0) is 18.1. The number of piperidine rings is 1. The van der Waals surface area contributed by atoms with E-state index < -0.39 is 0 Å². The van der Waals surface area contributed by atoms with Gasteiger partial charge in [0.1, 0.15) is 5.76 Å². The van der Waals surface area contributed by atoms with Crippen LogP contribution in [0.15, 0.2) is 4.52 Å². The van der Waals surface area contributed by atoms with Crippen molar-refractivity contribution in [3.05, 3.63) is 17.0 Å². The number of nitrogens with zero attached hydrogens (tertiary/aromatic N) is 3. The summed E-state index contributed by atoms with van der Waals surface area (Å²) in [5, 5.41) is 3.96. The summed E-state index contributed by atoms with van der Waals surface area (Å²) >= 11 is 0. The van der Waals surface area contributed by atoms with Crippen molar-refractivity contribution in [2.45, 2.75) is 70.4 Å². The van der Waals surface area contributed by atoms with E-state index in [0.29, 0.717) is 12.5 Å². The van der Waals surface area contributed by atoms with Crippen molar-refractivity contribution < 1.29 is 14.1 Å². The summed E-state index contributed by atoms with van der Waals surface area (Å²) in [6.45, 7) is 8.75. The number of aromatic nitrogens is 1. The van der Waals surface area contributed by atoms with Gasteiger partial charge in [0, 0.05) is 31.3 Å². The zero-order valence-corrected chi connectivity index (χ0v) is 16.1. The van der Waals surface area contributed by atoms with Crippen LogP contribution in [0.5, 0.6) is 0 Å². The molecule has 3 aliphatic heterocycles. The van der Waals surface area contributed by atoms with Gasteiger partial charge in [0.05, 0.1) is 17.7 Å². The summed E-state index contributed by atoms with van der Waals surface area (Å²) in [7, 11) is 0. The van der Waals surface area contributed by atoms with Crippen LogP contribution in [0, 0.1) is 13.8 Å². The molecule has 6 nitrogen and oxygen atoms in total. The summed E-state index contributed by atoms with van der Waals surface area (Å²) in [5.41, 5.74) is 1.76. The molecule has 4 heterocycles. The molecule has 0 radical (unpaired) electrons. The maximum atomic E-state index is 12.7. The lowest BCUT2D eigenvalue weighted by Crippen LogP contribution is -2.54. The third-order valence-electron chi connectivity index (χ3n) is 6.66. The number of rotatable bonds is 3. The standard InChI is InChI=1S/C20H31N3O3/c1-15-18(16(2)26-21-15)13-19(24)23-10-6-20(7-11-23)14-17(5-12-25-20)22-8-3-4-9-22/h17H,3-14H2,1-2H3. The Kier molecular flexibility index (Phi) is 5.06. The molecule has 3 fully saturated rings. The van der Waals surface area contributed by atoms with Crippen LogP contribution in [0.25, 0.3) is 0 Å². The van der Waals surface area contributed by atoms with Gasteiger partial charge in [-0.05, 0) is 65.5 Å². The second-order valence-corrected chi connectivity index (χ2v) is 8.28. The fourth-order valence-electron chi connectivity index (χ4n) is 4.95. The number of hydrogen-bond acceptors (Lipinski definition) is 5. The molecule has 144 valence electrons. The van der Waals surface area contributed by atoms with E-state index in [1.165, 1.54) is 25.9 Å². The van der Waals surface area contributed by atoms with E-state index in [1.54, 1.807) is 0 Å². The van der Waals surface area contributed by atoms with E-state index in [9.17, 15) is 4.79 Å². The lowest BCUT2D eigenvalue weighted by atomic mass is 9.81. The summed E-state index contributed by atoms with van der Waals surface area (Å²) in [6.07, 6.45) is 7.30. The maximum absolute atomic E-state index is 12.7. The summed E-state index contributed by atoms with van der Waals surface area (Å²) in [4.78, 5) is 17.4. The Morgan fingerprint density at radius 1 is 1.19 bits per heavy atom. The molecule has 0 N–H and O–H groups in total. The first kappa shape index (κ1) is 18.0. The van der Waals surface area contributed by atoms with E-state index >= 15 is 0 Å². The Balaban J connectivity index is 1.33. The third-order valence-corrected chi connectivity index (χ3v) is 6.66. The lowest BCUT2D eigenvalue weighted by molar-refractivity contribution is -0.148. The minimum atomic E-state index is -0.00862. The van der Waals surface area contributed by atoms with Gasteiger partial charge in [-0.3, -0.25) is 4.79 Å². The maximum Gasteiger partial charge on any atom is 0.227 e. The number of aryl methyl sites for hydroxylation is 2. The highest BCUT2D eigenvalue weighted by molar-refractivity contribution is 5.79. The van der Waals surface area contributed by atoms with Crippen LogP contribution in [0.3, 0.4) is 0 Å². The largest absolute Gasteiger partial charge is 0.375 e. The molecule has 0 saturated carbocycles. The average molecular weight is 361 g/mol. The molecule has 0 bridgehead atoms. The quantitative estimate of drug-likeness (QED) is 0.828. The van der Waals surface area contributed by atoms with Gasteiger partial charge in [-0.2, -0.15) is 0 Å². The number of carbonyl (C=O) groups excluding carboxylic acids is 1. The number of amides is 1. The van der Waals surface area contributed by atoms with Crippen LogP contribution >= 0.6 is 0 Å². The molecule has 26 heavy (non-hydrogen) atoms. The normalized spacial score (nSPS) is 26.5. The molecule has 1 atom stereocenters. The molecule has 1 aromatic rings. The summed E-state index contributed by atoms with van der Waals surface area (Å²) in [6, 6.07) is 0.677. The minimum absolute atomic E-state index is 0.00862. The van der Waals surface area contributed by atoms with Crippen LogP contribution in [0.1, 0.15) is 55.5 Å². The fraction of sp³-hybridized carbons (Fsp3) is 0.800. The molecule has 1 amide bonds. The predicted molar refractivity (Wildman–Crippen MR) is 98.0 cm³/mol. The molecule has 3 saturated heterocycles. The highest BCUT2D eigenvalue weighted by Crippen LogP contribution is 2.37. The zero-order valence-electron chi connectivity index (χ0n) is 16.1. The van der Waals surface area contributed by atoms with Crippen molar-refractivity contribution in [1.29, 1.82) is 0 Å². The van der Waals surface area contributed by atoms with Crippen LogP contribution in [-0.2, 0) is 16.0 Å². The van der Waals surface area contributed by atoms with Crippen molar-refractivity contribution in [3.63, 3.8) is 0 Å². The topological polar surface area (TPSA) is 58.8 Å². The van der Waals surface area contributed by atoms with Gasteiger partial charge >= 0.3 is 0 Å². The molecule has 6 heteroatoms. The van der Waals surface area contributed by atoms with E-state index in [0.717, 1.165) is 62.4 Å². The first-order chi connectivity index (χ1) is 12.6. The van der Waals surface area contributed by atoms with Crippen molar-refractivity contribution in [2.75, 3.05) is 32.8 Å². The molecular formula is C20H31N3O3. The molecule has 0 aromatic carbocycles. The highest BCUT2D eigenvalue weighted by Gasteiger charge is 2.42. The van der Waals surface area contributed by atoms with Crippen molar-refractivity contribution >= 4 is 5.91 Å². The Morgan fingerprint density at radius 2 is 1.92 bits per heavy atom. The first-order valence-electron chi connectivity index (χ1n) is 10.1. The first-order valence-corrected chi connectivity index (χ1v) is 10.1. The van der Waals surface area contributed by atoms with Crippen molar-refractivity contribution in [2.24, 2.45) is 0 Å². The lowest BCUT2D eigenvalue weighted by Gasteiger charge is -2.48. The van der Waals surface area contributed by atoms with Gasteiger partial charge in [-0.25, -0.2) is 0 Å². The second-order valence-electron chi connectivity index (χ2n) is 8.28. The monoisotopic (exact) mass is 361 g/mol. The van der Waals surface area contributed by atoms with Crippen LogP contribution in [-0.4, -0.2) is 65.3 Å². The smallest absolute Gasteiger partial charge is 0.227 e. The average Bonchev–Trinajstić information content (AvgIpc) is 3.28. The van der Waals surface area contributed by atoms with Gasteiger partial charge in [0.2, 0.25) is 5.91 Å². The van der Waals surface area contributed by atoms with E-state index in [2.05, 4.69) is 10.1 Å². The predicted octanol–water partition coefficient (Wildman–Crippen LogP) is 2.47. The van der Waals surface area contributed by atoms with Crippen molar-refractivity contribution in [1.82, 2.24) is 15.0 Å². The van der Waals surface area contributed by atoms with Crippen molar-refractivity contribution in [3.8, 4) is 0 Å². The summed E-state index contributed by atoms with van der Waals surface area (Å²) < 4.78 is 11.5. The van der Waals surface area contributed by atoms with E-state index in [1.807, 2.05) is 18.7 Å². The van der Waals surface area contributed by atoms with Gasteiger partial charge in [-0.15, -0.1) is 0 Å². The number of likely N-dealkylation sites (tertiary alicyclic amines) is 2. The second kappa shape index (κ2) is 7.31. The molecule has 1 aromatic heterocycles. The third kappa shape index (κ3) is 3.54. The molecule has 0 aliphatic carbocycles. The molecular weight excluding hydrogens is 330 g/mol. The van der Waals surface area contributed by atoms with E-state index in [4.69, 9.17) is 9.26 Å². The SMILES string of the molecule is Cc1noc(C)c1CC(=O)N1CCC2(CC1)CC(N1CCCC1)CCO2. The fourth-order valence-corrected chi connectivity index (χ4v) is 4.95. The highest BCUT2D eigenvalue weighted by atomic mass is 16.5. The van der Waals surface area contributed by atoms with Crippen LogP contribution in [0.2, 0.25) is 0 Å². The van der Waals surface area contributed by atoms with E-state index in [-0.39, 0.29) is 11.5 Å². The van der Waals surface area contributed by atoms with Gasteiger partial charge in [-0.1, -0.05) is 5.16 Å². The molecule has 1 spiro atoms. The number of carbonyl (C=O) groups is 1. The van der Waals surface area contributed by atoms with Gasteiger partial charge < -0.3 is 19.1 Å².